The summed E-state index contributed by atoms with van der Waals surface area (Å²) < 4.78 is 133. The van der Waals surface area contributed by atoms with Gasteiger partial charge in [-0.25, -0.2) is 8.42 Å². The molecule has 1 aliphatic carbocycles. The predicted octanol–water partition coefficient (Wildman–Crippen LogP) is 2.63. The lowest BCUT2D eigenvalue weighted by molar-refractivity contribution is -0.247. The Morgan fingerprint density at radius 1 is 0.852 bits per heavy atom. The summed E-state index contributed by atoms with van der Waals surface area (Å²) in [5, 5.41) is -12.8. The van der Waals surface area contributed by atoms with Crippen LogP contribution in [0.4, 0.5) is 26.3 Å². The van der Waals surface area contributed by atoms with Crippen LogP contribution in [0.1, 0.15) is 32.1 Å². The molecule has 0 amide bonds. The zero-order chi connectivity index (χ0) is 20.9. The molecule has 160 valence electrons. The van der Waals surface area contributed by atoms with Crippen LogP contribution in [0.5, 0.6) is 0 Å². The fourth-order valence-corrected chi connectivity index (χ4v) is 5.77. The van der Waals surface area contributed by atoms with Crippen molar-refractivity contribution in [3.8, 4) is 0 Å². The molecule has 1 saturated carbocycles. The first-order valence-corrected chi connectivity index (χ1v) is 10.9. The van der Waals surface area contributed by atoms with Crippen molar-refractivity contribution in [2.24, 2.45) is 11.8 Å². The van der Waals surface area contributed by atoms with Gasteiger partial charge in [0, 0.05) is 13.1 Å². The van der Waals surface area contributed by atoms with E-state index in [4.69, 9.17) is 0 Å². The van der Waals surface area contributed by atoms with Crippen LogP contribution in [0.15, 0.2) is 0 Å². The molecule has 2 aliphatic rings. The van der Waals surface area contributed by atoms with Crippen molar-refractivity contribution in [1.82, 2.24) is 4.31 Å². The molecule has 0 bridgehead atoms. The summed E-state index contributed by atoms with van der Waals surface area (Å²) in [6, 6.07) is 0. The Labute approximate surface area is 153 Å². The van der Waals surface area contributed by atoms with E-state index in [1.165, 1.54) is 0 Å². The minimum absolute atomic E-state index is 0.0506. The molecule has 0 N–H and O–H groups in total. The van der Waals surface area contributed by atoms with Gasteiger partial charge in [-0.3, -0.25) is 4.18 Å². The van der Waals surface area contributed by atoms with Crippen LogP contribution in [-0.2, 0) is 24.3 Å². The lowest BCUT2D eigenvalue weighted by atomic mass is 9.76. The van der Waals surface area contributed by atoms with Crippen LogP contribution >= 0.6 is 0 Å². The Balaban J connectivity index is 2.38. The lowest BCUT2D eigenvalue weighted by Crippen LogP contribution is -2.64. The van der Waals surface area contributed by atoms with E-state index in [-0.39, 0.29) is 29.7 Å². The van der Waals surface area contributed by atoms with E-state index in [9.17, 15) is 43.2 Å². The molecule has 2 fully saturated rings. The molecule has 0 aromatic rings. The van der Waals surface area contributed by atoms with E-state index in [0.717, 1.165) is 12.8 Å². The number of alkyl halides is 6. The van der Waals surface area contributed by atoms with Gasteiger partial charge in [-0.2, -0.15) is 39.1 Å². The predicted molar refractivity (Wildman–Crippen MR) is 81.3 cm³/mol. The first-order valence-electron chi connectivity index (χ1n) is 8.07. The second-order valence-electron chi connectivity index (χ2n) is 6.69. The van der Waals surface area contributed by atoms with Crippen molar-refractivity contribution < 1.29 is 47.4 Å². The van der Waals surface area contributed by atoms with E-state index in [0.29, 0.717) is 12.8 Å². The lowest BCUT2D eigenvalue weighted by Gasteiger charge is -2.42. The van der Waals surface area contributed by atoms with E-state index >= 15 is 0 Å². The Morgan fingerprint density at radius 2 is 1.37 bits per heavy atom. The van der Waals surface area contributed by atoms with Crippen molar-refractivity contribution in [1.29, 1.82) is 0 Å². The molecule has 0 aromatic heterocycles. The average Bonchev–Trinajstić information content (AvgIpc) is 2.60. The molecule has 2 atom stereocenters. The molecule has 1 saturated heterocycles. The maximum absolute atomic E-state index is 14.2. The fourth-order valence-electron chi connectivity index (χ4n) is 3.54. The number of hydrogen-bond donors (Lipinski definition) is 0. The third-order valence-electron chi connectivity index (χ3n) is 5.18. The molecule has 0 spiro atoms. The first-order chi connectivity index (χ1) is 12.1. The highest BCUT2D eigenvalue weighted by molar-refractivity contribution is 7.90. The maximum Gasteiger partial charge on any atom is 0.439 e. The Kier molecular flexibility index (Phi) is 5.90. The van der Waals surface area contributed by atoms with Gasteiger partial charge in [0.15, 0.2) is 0 Å². The third kappa shape index (κ3) is 3.35. The fraction of sp³-hybridized carbons (Fsp3) is 1.00. The summed E-state index contributed by atoms with van der Waals surface area (Å²) in [6.07, 6.45) is 2.98. The van der Waals surface area contributed by atoms with E-state index in [1.807, 2.05) is 0 Å². The van der Waals surface area contributed by atoms with Gasteiger partial charge in [0.1, 0.15) is 0 Å². The molecule has 14 heteroatoms. The van der Waals surface area contributed by atoms with Crippen molar-refractivity contribution in [3.05, 3.63) is 0 Å². The van der Waals surface area contributed by atoms with Crippen LogP contribution in [0.25, 0.3) is 0 Å². The largest absolute Gasteiger partial charge is 0.439 e. The molecule has 2 rings (SSSR count). The SMILES string of the molecule is COS(=O)(=O)C(F)(F)C(F)(F)C(F)(F)S(=O)(=O)N1CCC2CCCCC2C1. The highest BCUT2D eigenvalue weighted by atomic mass is 32.2. The summed E-state index contributed by atoms with van der Waals surface area (Å²) in [5.41, 5.74) is 0. The van der Waals surface area contributed by atoms with Gasteiger partial charge in [0.2, 0.25) is 0 Å². The number of rotatable bonds is 6. The van der Waals surface area contributed by atoms with Crippen LogP contribution in [0, 0.1) is 11.8 Å². The second kappa shape index (κ2) is 7.02. The van der Waals surface area contributed by atoms with Crippen molar-refractivity contribution >= 4 is 20.1 Å². The molecule has 2 unspecified atom stereocenters. The summed E-state index contributed by atoms with van der Waals surface area (Å²) in [4.78, 5) is 0. The number of piperidine rings is 1. The van der Waals surface area contributed by atoms with Crippen molar-refractivity contribution in [2.75, 3.05) is 20.2 Å². The second-order valence-corrected chi connectivity index (χ2v) is 10.4. The normalized spacial score (nSPS) is 26.6. The van der Waals surface area contributed by atoms with Crippen molar-refractivity contribution in [2.45, 2.75) is 48.5 Å². The van der Waals surface area contributed by atoms with Gasteiger partial charge in [-0.15, -0.1) is 0 Å². The van der Waals surface area contributed by atoms with Crippen LogP contribution < -0.4 is 0 Å². The Morgan fingerprint density at radius 3 is 1.89 bits per heavy atom. The standard InChI is InChI=1S/C13H19F6NO5S2/c1-25-27(23,24)13(18,19)11(14,15)12(16,17)26(21,22)20-7-6-9-4-2-3-5-10(9)8-20/h9-10H,2-8H2,1H3. The first kappa shape index (κ1) is 22.7. The van der Waals surface area contributed by atoms with Crippen molar-refractivity contribution in [3.63, 3.8) is 0 Å². The zero-order valence-electron chi connectivity index (χ0n) is 14.2. The minimum atomic E-state index is -6.75. The monoisotopic (exact) mass is 447 g/mol. The Bertz CT molecular complexity index is 770. The van der Waals surface area contributed by atoms with E-state index < -0.39 is 49.7 Å². The molecule has 6 nitrogen and oxygen atoms in total. The molecule has 1 heterocycles. The molecule has 0 aromatic carbocycles. The van der Waals surface area contributed by atoms with Gasteiger partial charge in [-0.1, -0.05) is 19.3 Å². The third-order valence-corrected chi connectivity index (χ3v) is 8.42. The highest BCUT2D eigenvalue weighted by Gasteiger charge is 2.83. The van der Waals surface area contributed by atoms with Crippen LogP contribution in [0.2, 0.25) is 0 Å². The average molecular weight is 447 g/mol. The number of nitrogens with zero attached hydrogens (tertiary/aromatic N) is 1. The summed E-state index contributed by atoms with van der Waals surface area (Å²) in [5.74, 6) is -7.04. The smallest absolute Gasteiger partial charge is 0.269 e. The number of sulfonamides is 1. The maximum atomic E-state index is 14.2. The Hall–Kier alpha value is -0.600. The molecule has 27 heavy (non-hydrogen) atoms. The highest BCUT2D eigenvalue weighted by Crippen LogP contribution is 2.52. The van der Waals surface area contributed by atoms with E-state index in [2.05, 4.69) is 4.18 Å². The zero-order valence-corrected chi connectivity index (χ0v) is 15.8. The molecule has 0 radical (unpaired) electrons. The summed E-state index contributed by atoms with van der Waals surface area (Å²) in [7, 11) is -12.7. The topological polar surface area (TPSA) is 80.8 Å². The van der Waals surface area contributed by atoms with E-state index in [1.54, 1.807) is 0 Å². The van der Waals surface area contributed by atoms with Gasteiger partial charge >= 0.3 is 26.5 Å². The van der Waals surface area contributed by atoms with Crippen LogP contribution in [0.3, 0.4) is 0 Å². The summed E-state index contributed by atoms with van der Waals surface area (Å²) >= 11 is 0. The quantitative estimate of drug-likeness (QED) is 0.462. The molecule has 1 aliphatic heterocycles. The van der Waals surface area contributed by atoms with Gasteiger partial charge in [0.05, 0.1) is 7.11 Å². The number of halogens is 6. The van der Waals surface area contributed by atoms with Crippen LogP contribution in [-0.4, -0.2) is 57.8 Å². The van der Waals surface area contributed by atoms with Gasteiger partial charge < -0.3 is 0 Å². The number of hydrogen-bond acceptors (Lipinski definition) is 5. The summed E-state index contributed by atoms with van der Waals surface area (Å²) in [6.45, 7) is -1.03. The van der Waals surface area contributed by atoms with Gasteiger partial charge in [-0.05, 0) is 24.7 Å². The molecular weight excluding hydrogens is 428 g/mol. The number of fused-ring (bicyclic) bond motifs is 1. The molecular formula is C13H19F6NO5S2. The minimum Gasteiger partial charge on any atom is -0.269 e. The van der Waals surface area contributed by atoms with Gasteiger partial charge in [0.25, 0.3) is 10.0 Å².